The van der Waals surface area contributed by atoms with Crippen molar-refractivity contribution >= 4 is 0 Å². The maximum absolute atomic E-state index is 5.35. The van der Waals surface area contributed by atoms with Crippen molar-refractivity contribution in [1.82, 2.24) is 16.1 Å². The quantitative estimate of drug-likeness (QED) is 0.403. The van der Waals surface area contributed by atoms with Crippen LogP contribution in [0.15, 0.2) is 47.5 Å². The third-order valence-electron chi connectivity index (χ3n) is 2.67. The molecule has 0 aromatic heterocycles. The van der Waals surface area contributed by atoms with Gasteiger partial charge in [-0.2, -0.15) is 0 Å². The molecular formula is C12H18N4O. The highest BCUT2D eigenvalue weighted by molar-refractivity contribution is 5.40. The summed E-state index contributed by atoms with van der Waals surface area (Å²) < 4.78 is 5.29. The zero-order valence-corrected chi connectivity index (χ0v) is 9.86. The predicted molar refractivity (Wildman–Crippen MR) is 67.5 cm³/mol. The molecule has 5 heteroatoms. The van der Waals surface area contributed by atoms with Crippen LogP contribution in [-0.4, -0.2) is 26.2 Å². The number of nitrogens with two attached hydrogens (primary N) is 1. The number of ether oxygens (including phenoxy) is 1. The van der Waals surface area contributed by atoms with Gasteiger partial charge in [0.1, 0.15) is 5.76 Å². The standard InChI is InChI=1S/C12H18N4O/c1-17-10-6-9(8-15-13)16-12(7-10)11-4-2-3-5-14-11/h2-4,6-7,9,14-16H,5,8,13H2,1H3. The molecule has 92 valence electrons. The fourth-order valence-electron chi connectivity index (χ4n) is 1.84. The van der Waals surface area contributed by atoms with Gasteiger partial charge in [0.15, 0.2) is 0 Å². The highest BCUT2D eigenvalue weighted by Crippen LogP contribution is 2.16. The van der Waals surface area contributed by atoms with Crippen LogP contribution in [0, 0.1) is 0 Å². The van der Waals surface area contributed by atoms with Gasteiger partial charge >= 0.3 is 0 Å². The van der Waals surface area contributed by atoms with Gasteiger partial charge in [-0.15, -0.1) is 0 Å². The summed E-state index contributed by atoms with van der Waals surface area (Å²) in [5, 5.41) is 6.69. The highest BCUT2D eigenvalue weighted by Gasteiger charge is 2.17. The van der Waals surface area contributed by atoms with Crippen LogP contribution in [0.5, 0.6) is 0 Å². The molecule has 0 radical (unpaired) electrons. The van der Waals surface area contributed by atoms with Crippen LogP contribution in [0.4, 0.5) is 0 Å². The third-order valence-corrected chi connectivity index (χ3v) is 2.67. The summed E-state index contributed by atoms with van der Waals surface area (Å²) in [5.41, 5.74) is 4.75. The largest absolute Gasteiger partial charge is 0.497 e. The summed E-state index contributed by atoms with van der Waals surface area (Å²) in [6.45, 7) is 1.49. The zero-order valence-electron chi connectivity index (χ0n) is 9.86. The monoisotopic (exact) mass is 234 g/mol. The smallest absolute Gasteiger partial charge is 0.119 e. The second-order valence-electron chi connectivity index (χ2n) is 3.88. The van der Waals surface area contributed by atoms with Gasteiger partial charge < -0.3 is 15.4 Å². The minimum atomic E-state index is 0.128. The summed E-state index contributed by atoms with van der Waals surface area (Å²) in [7, 11) is 1.67. The molecule has 5 nitrogen and oxygen atoms in total. The Balaban J connectivity index is 2.16. The molecule has 2 heterocycles. The Labute approximate surface area is 101 Å². The van der Waals surface area contributed by atoms with E-state index >= 15 is 0 Å². The second-order valence-corrected chi connectivity index (χ2v) is 3.88. The molecule has 1 atom stereocenters. The Morgan fingerprint density at radius 1 is 1.53 bits per heavy atom. The lowest BCUT2D eigenvalue weighted by Crippen LogP contribution is -2.42. The van der Waals surface area contributed by atoms with E-state index in [4.69, 9.17) is 10.6 Å². The van der Waals surface area contributed by atoms with Crippen LogP contribution < -0.4 is 21.9 Å². The Morgan fingerprint density at radius 3 is 3.06 bits per heavy atom. The molecular weight excluding hydrogens is 216 g/mol. The Bertz CT molecular complexity index is 395. The van der Waals surface area contributed by atoms with Crippen LogP contribution in [0.2, 0.25) is 0 Å². The van der Waals surface area contributed by atoms with Crippen molar-refractivity contribution in [3.63, 3.8) is 0 Å². The van der Waals surface area contributed by atoms with Crippen molar-refractivity contribution in [3.8, 4) is 0 Å². The SMILES string of the molecule is COC1=CC(CNN)NC(C2=CC=CCN2)=C1. The fraction of sp³-hybridized carbons (Fsp3) is 0.333. The zero-order chi connectivity index (χ0) is 12.1. The highest BCUT2D eigenvalue weighted by atomic mass is 16.5. The fourth-order valence-corrected chi connectivity index (χ4v) is 1.84. The summed E-state index contributed by atoms with van der Waals surface area (Å²) in [6.07, 6.45) is 10.1. The number of rotatable bonds is 4. The maximum atomic E-state index is 5.35. The van der Waals surface area contributed by atoms with Gasteiger partial charge in [-0.25, -0.2) is 0 Å². The minimum absolute atomic E-state index is 0.128. The van der Waals surface area contributed by atoms with Crippen molar-refractivity contribution < 1.29 is 4.74 Å². The molecule has 2 rings (SSSR count). The van der Waals surface area contributed by atoms with E-state index in [-0.39, 0.29) is 6.04 Å². The maximum Gasteiger partial charge on any atom is 0.119 e. The number of hydrazine groups is 1. The second kappa shape index (κ2) is 5.56. The van der Waals surface area contributed by atoms with Crippen molar-refractivity contribution in [2.75, 3.05) is 20.2 Å². The Hall–Kier alpha value is -1.72. The first-order valence-corrected chi connectivity index (χ1v) is 5.62. The van der Waals surface area contributed by atoms with Gasteiger partial charge in [0.05, 0.1) is 24.5 Å². The lowest BCUT2D eigenvalue weighted by molar-refractivity contribution is 0.299. The summed E-state index contributed by atoms with van der Waals surface area (Å²) >= 11 is 0. The van der Waals surface area contributed by atoms with Gasteiger partial charge in [0.25, 0.3) is 0 Å². The number of nitrogens with one attached hydrogen (secondary N) is 3. The summed E-state index contributed by atoms with van der Waals surface area (Å²) in [6, 6.07) is 0.128. The lowest BCUT2D eigenvalue weighted by atomic mass is 10.1. The summed E-state index contributed by atoms with van der Waals surface area (Å²) in [5.74, 6) is 6.19. The first-order valence-electron chi connectivity index (χ1n) is 5.62. The predicted octanol–water partition coefficient (Wildman–Crippen LogP) is -0.121. The molecule has 0 aromatic carbocycles. The van der Waals surface area contributed by atoms with Crippen molar-refractivity contribution in [2.45, 2.75) is 6.04 Å². The lowest BCUT2D eigenvalue weighted by Gasteiger charge is -2.26. The Morgan fingerprint density at radius 2 is 2.41 bits per heavy atom. The molecule has 2 aliphatic heterocycles. The van der Waals surface area contributed by atoms with Gasteiger partial charge in [0, 0.05) is 19.2 Å². The number of allylic oxidation sites excluding steroid dienone is 3. The first kappa shape index (κ1) is 11.8. The van der Waals surface area contributed by atoms with Gasteiger partial charge in [-0.1, -0.05) is 12.2 Å². The number of methoxy groups -OCH3 is 1. The van der Waals surface area contributed by atoms with Crippen molar-refractivity contribution in [2.24, 2.45) is 5.84 Å². The average Bonchev–Trinajstić information content (AvgIpc) is 2.40. The summed E-state index contributed by atoms with van der Waals surface area (Å²) in [4.78, 5) is 0. The van der Waals surface area contributed by atoms with Crippen molar-refractivity contribution in [3.05, 3.63) is 47.5 Å². The molecule has 0 spiro atoms. The molecule has 17 heavy (non-hydrogen) atoms. The Kier molecular flexibility index (Phi) is 3.85. The van der Waals surface area contributed by atoms with Crippen LogP contribution in [0.1, 0.15) is 0 Å². The third kappa shape index (κ3) is 2.89. The minimum Gasteiger partial charge on any atom is -0.497 e. The van der Waals surface area contributed by atoms with Crippen LogP contribution in [0.25, 0.3) is 0 Å². The molecule has 0 fully saturated rings. The van der Waals surface area contributed by atoms with E-state index in [1.165, 1.54) is 0 Å². The molecule has 0 aromatic rings. The van der Waals surface area contributed by atoms with Gasteiger partial charge in [-0.3, -0.25) is 11.3 Å². The van der Waals surface area contributed by atoms with Gasteiger partial charge in [-0.05, 0) is 12.2 Å². The number of dihydropyridines is 2. The topological polar surface area (TPSA) is 71.3 Å². The molecule has 1 unspecified atom stereocenters. The number of hydrogen-bond donors (Lipinski definition) is 4. The molecule has 5 N–H and O–H groups in total. The molecule has 0 saturated heterocycles. The van der Waals surface area contributed by atoms with E-state index in [9.17, 15) is 0 Å². The van der Waals surface area contributed by atoms with E-state index in [0.717, 1.165) is 23.7 Å². The molecule has 2 aliphatic rings. The van der Waals surface area contributed by atoms with E-state index in [1.54, 1.807) is 7.11 Å². The first-order chi connectivity index (χ1) is 8.33. The number of hydrogen-bond acceptors (Lipinski definition) is 5. The van der Waals surface area contributed by atoms with E-state index in [0.29, 0.717) is 6.54 Å². The van der Waals surface area contributed by atoms with E-state index in [2.05, 4.69) is 22.1 Å². The van der Waals surface area contributed by atoms with Gasteiger partial charge in [0.2, 0.25) is 0 Å². The van der Waals surface area contributed by atoms with Crippen LogP contribution in [-0.2, 0) is 4.74 Å². The van der Waals surface area contributed by atoms with E-state index < -0.39 is 0 Å². The molecule has 0 bridgehead atoms. The average molecular weight is 234 g/mol. The molecule has 0 amide bonds. The normalized spacial score (nSPS) is 22.9. The molecule has 0 aliphatic carbocycles. The van der Waals surface area contributed by atoms with E-state index in [1.807, 2.05) is 24.3 Å². The van der Waals surface area contributed by atoms with Crippen LogP contribution in [0.3, 0.4) is 0 Å². The van der Waals surface area contributed by atoms with Crippen molar-refractivity contribution in [1.29, 1.82) is 0 Å². The van der Waals surface area contributed by atoms with Crippen LogP contribution >= 0.6 is 0 Å². The molecule has 0 saturated carbocycles.